The lowest BCUT2D eigenvalue weighted by Crippen LogP contribution is -2.69. The van der Waals surface area contributed by atoms with Gasteiger partial charge in [-0.3, -0.25) is 0 Å². The first kappa shape index (κ1) is 25.5. The van der Waals surface area contributed by atoms with Crippen molar-refractivity contribution in [1.29, 1.82) is 0 Å². The van der Waals surface area contributed by atoms with E-state index >= 15 is 0 Å². The van der Waals surface area contributed by atoms with Gasteiger partial charge in [0.1, 0.15) is 0 Å². The molecule has 0 spiro atoms. The van der Waals surface area contributed by atoms with Crippen molar-refractivity contribution < 1.29 is 0 Å². The Labute approximate surface area is 218 Å². The normalized spacial score (nSPS) is 44.1. The maximum atomic E-state index is 3.96. The molecule has 7 rings (SSSR count). The average molecular weight is 517 g/mol. The molecule has 2 aliphatic heterocycles. The van der Waals surface area contributed by atoms with Crippen LogP contribution in [0.15, 0.2) is 23.8 Å². The van der Waals surface area contributed by atoms with E-state index in [1.165, 1.54) is 38.5 Å². The molecule has 2 saturated heterocycles. The van der Waals surface area contributed by atoms with Crippen molar-refractivity contribution in [3.05, 3.63) is 23.8 Å². The lowest BCUT2D eigenvalue weighted by molar-refractivity contribution is -0.0579. The lowest BCUT2D eigenvalue weighted by Gasteiger charge is -2.62. The molecular formula is C29H50N4P2. The quantitative estimate of drug-likeness (QED) is 0.405. The van der Waals surface area contributed by atoms with E-state index in [0.717, 1.165) is 71.3 Å². The van der Waals surface area contributed by atoms with Crippen LogP contribution in [0.4, 0.5) is 0 Å². The van der Waals surface area contributed by atoms with Crippen LogP contribution in [-0.4, -0.2) is 67.3 Å². The number of nitrogens with one attached hydrogen (secondary N) is 4. The van der Waals surface area contributed by atoms with Crippen LogP contribution < -0.4 is 21.3 Å². The van der Waals surface area contributed by atoms with Crippen LogP contribution in [0, 0.1) is 29.1 Å². The fraction of sp³-hybridized carbons (Fsp3) is 0.862. The van der Waals surface area contributed by atoms with Crippen molar-refractivity contribution in [3.63, 3.8) is 0 Å². The number of piperazine rings is 2. The molecule has 0 amide bonds. The van der Waals surface area contributed by atoms with Crippen molar-refractivity contribution in [2.24, 2.45) is 29.1 Å². The highest BCUT2D eigenvalue weighted by atomic mass is 31.1. The maximum Gasteiger partial charge on any atom is 0.0395 e. The van der Waals surface area contributed by atoms with Gasteiger partial charge in [0.25, 0.3) is 0 Å². The molecule has 7 aliphatic rings. The van der Waals surface area contributed by atoms with Gasteiger partial charge in [0, 0.05) is 62.4 Å². The third-order valence-corrected chi connectivity index (χ3v) is 13.7. The topological polar surface area (TPSA) is 48.1 Å². The Kier molecular flexibility index (Phi) is 7.08. The summed E-state index contributed by atoms with van der Waals surface area (Å²) in [5.74, 6) is 3.62. The maximum absolute atomic E-state index is 3.96. The van der Waals surface area contributed by atoms with Crippen LogP contribution in [0.25, 0.3) is 0 Å². The first-order valence-corrected chi connectivity index (χ1v) is 16.3. The molecule has 0 aromatic rings. The Morgan fingerprint density at radius 1 is 0.886 bits per heavy atom. The zero-order valence-corrected chi connectivity index (χ0v) is 24.5. The van der Waals surface area contributed by atoms with Crippen molar-refractivity contribution in [2.45, 2.75) is 87.4 Å². The molecule has 6 atom stereocenters. The number of hydrogen-bond acceptors (Lipinski definition) is 4. The van der Waals surface area contributed by atoms with Gasteiger partial charge in [-0.05, 0) is 78.1 Å². The molecule has 0 aromatic heterocycles. The second-order valence-corrected chi connectivity index (χ2v) is 17.4. The Hall–Kier alpha value is 0.180. The Morgan fingerprint density at radius 2 is 1.43 bits per heavy atom. The fourth-order valence-electron chi connectivity index (χ4n) is 9.49. The molecule has 4 saturated carbocycles. The third-order valence-electron chi connectivity index (χ3n) is 10.4. The van der Waals surface area contributed by atoms with Gasteiger partial charge in [-0.15, -0.1) is 17.8 Å². The molecule has 196 valence electrons. The summed E-state index contributed by atoms with van der Waals surface area (Å²) >= 11 is 0. The molecule has 4 nitrogen and oxygen atoms in total. The standard InChI is InChI=1S/C29H50N4P2/c1-27(2,3)35-26(28-14-19-11-20(15-28)13-21(12-19)16-28)22-5-4-6-23(22)29(34,24-17-30-7-9-32-24)25-18-31-8-10-33-25/h4-6,19-22,24-26,30-33,35H,7-18,34H2,1-3H3. The van der Waals surface area contributed by atoms with Gasteiger partial charge in [0.15, 0.2) is 0 Å². The summed E-state index contributed by atoms with van der Waals surface area (Å²) in [6.45, 7) is 13.9. The SMILES string of the molecule is CC(C)(C)PC(C1C=CC=C1C(P)(C1CNCCN1)C1CNCCN1)C12CC3CC(CC(C3)C1)C2. The summed E-state index contributed by atoms with van der Waals surface area (Å²) in [4.78, 5) is 0. The van der Waals surface area contributed by atoms with Gasteiger partial charge in [0.05, 0.1) is 0 Å². The smallest absolute Gasteiger partial charge is 0.0395 e. The Morgan fingerprint density at radius 3 is 1.89 bits per heavy atom. The summed E-state index contributed by atoms with van der Waals surface area (Å²) in [6, 6.07) is 0.865. The fourth-order valence-corrected chi connectivity index (χ4v) is 12.3. The summed E-state index contributed by atoms with van der Waals surface area (Å²) < 4.78 is 0. The Bertz CT molecular complexity index is 781. The minimum Gasteiger partial charge on any atom is -0.314 e. The molecule has 0 aromatic carbocycles. The van der Waals surface area contributed by atoms with Crippen LogP contribution in [0.5, 0.6) is 0 Å². The molecule has 4 bridgehead atoms. The average Bonchev–Trinajstić information content (AvgIpc) is 3.32. The van der Waals surface area contributed by atoms with Gasteiger partial charge in [-0.25, -0.2) is 0 Å². The molecule has 6 fully saturated rings. The van der Waals surface area contributed by atoms with Crippen LogP contribution in [0.1, 0.15) is 59.3 Å². The predicted octanol–water partition coefficient (Wildman–Crippen LogP) is 3.90. The van der Waals surface area contributed by atoms with Gasteiger partial charge >= 0.3 is 0 Å². The van der Waals surface area contributed by atoms with Gasteiger partial charge < -0.3 is 21.3 Å². The van der Waals surface area contributed by atoms with E-state index in [1.807, 2.05) is 0 Å². The van der Waals surface area contributed by atoms with Gasteiger partial charge in [-0.1, -0.05) is 39.0 Å². The van der Waals surface area contributed by atoms with Crippen molar-refractivity contribution in [2.75, 3.05) is 39.3 Å². The van der Waals surface area contributed by atoms with E-state index in [-0.39, 0.29) is 5.16 Å². The highest BCUT2D eigenvalue weighted by Gasteiger charge is 2.58. The number of allylic oxidation sites excluding steroid dienone is 3. The van der Waals surface area contributed by atoms with Gasteiger partial charge in [-0.2, -0.15) is 0 Å². The Balaban J connectivity index is 1.38. The van der Waals surface area contributed by atoms with E-state index in [4.69, 9.17) is 0 Å². The van der Waals surface area contributed by atoms with Crippen LogP contribution in [0.3, 0.4) is 0 Å². The van der Waals surface area contributed by atoms with Crippen molar-refractivity contribution in [3.8, 4) is 0 Å². The number of hydrogen-bond donors (Lipinski definition) is 4. The second kappa shape index (κ2) is 9.73. The second-order valence-electron chi connectivity index (χ2n) is 14.0. The molecule has 2 heterocycles. The van der Waals surface area contributed by atoms with E-state index in [9.17, 15) is 0 Å². The third kappa shape index (κ3) is 4.77. The first-order valence-electron chi connectivity index (χ1n) is 14.6. The van der Waals surface area contributed by atoms with Gasteiger partial charge in [0.2, 0.25) is 0 Å². The van der Waals surface area contributed by atoms with E-state index < -0.39 is 0 Å². The summed E-state index contributed by atoms with van der Waals surface area (Å²) in [5, 5.41) is 15.8. The lowest BCUT2D eigenvalue weighted by atomic mass is 9.47. The van der Waals surface area contributed by atoms with Crippen molar-refractivity contribution >= 4 is 17.8 Å². The first-order chi connectivity index (χ1) is 16.8. The zero-order chi connectivity index (χ0) is 24.3. The summed E-state index contributed by atoms with van der Waals surface area (Å²) in [6.07, 6.45) is 16.8. The monoisotopic (exact) mass is 516 g/mol. The van der Waals surface area contributed by atoms with Crippen LogP contribution >= 0.6 is 17.8 Å². The molecule has 6 heteroatoms. The molecule has 4 N–H and O–H groups in total. The predicted molar refractivity (Wildman–Crippen MR) is 155 cm³/mol. The molecule has 5 aliphatic carbocycles. The molecule has 0 radical (unpaired) electrons. The summed E-state index contributed by atoms with van der Waals surface area (Å²) in [5.41, 5.74) is 3.05. The van der Waals surface area contributed by atoms with Crippen LogP contribution in [-0.2, 0) is 0 Å². The molecule has 35 heavy (non-hydrogen) atoms. The minimum atomic E-state index is 0.0118. The number of rotatable bonds is 6. The zero-order valence-electron chi connectivity index (χ0n) is 22.3. The van der Waals surface area contributed by atoms with Crippen molar-refractivity contribution in [1.82, 2.24) is 21.3 Å². The highest BCUT2D eigenvalue weighted by Crippen LogP contribution is 2.67. The van der Waals surface area contributed by atoms with E-state index in [1.54, 1.807) is 5.57 Å². The highest BCUT2D eigenvalue weighted by molar-refractivity contribution is 7.40. The minimum absolute atomic E-state index is 0.0118. The molecule has 6 unspecified atom stereocenters. The summed E-state index contributed by atoms with van der Waals surface area (Å²) in [7, 11) is 4.48. The van der Waals surface area contributed by atoms with E-state index in [0.29, 0.717) is 28.6 Å². The largest absolute Gasteiger partial charge is 0.314 e. The van der Waals surface area contributed by atoms with E-state index in [2.05, 4.69) is 69.5 Å². The molecular weight excluding hydrogens is 466 g/mol. The van der Waals surface area contributed by atoms with Crippen LogP contribution in [0.2, 0.25) is 0 Å².